The Morgan fingerprint density at radius 2 is 2.04 bits per heavy atom. The van der Waals surface area contributed by atoms with E-state index in [4.69, 9.17) is 0 Å². The Bertz CT molecular complexity index is 1260. The van der Waals surface area contributed by atoms with Gasteiger partial charge < -0.3 is 10.3 Å². The average Bonchev–Trinajstić information content (AvgIpc) is 3.38. The highest BCUT2D eigenvalue weighted by molar-refractivity contribution is 5.95. The molecule has 0 saturated carbocycles. The van der Waals surface area contributed by atoms with E-state index < -0.39 is 0 Å². The molecular formula is C19H18N8. The number of aromatic amines is 1. The summed E-state index contributed by atoms with van der Waals surface area (Å²) in [6, 6.07) is 4.18. The summed E-state index contributed by atoms with van der Waals surface area (Å²) in [7, 11) is 1.91. The molecule has 0 aliphatic heterocycles. The van der Waals surface area contributed by atoms with Gasteiger partial charge in [0.15, 0.2) is 0 Å². The van der Waals surface area contributed by atoms with Crippen molar-refractivity contribution < 1.29 is 0 Å². The van der Waals surface area contributed by atoms with Gasteiger partial charge in [-0.3, -0.25) is 4.68 Å². The average molecular weight is 358 g/mol. The summed E-state index contributed by atoms with van der Waals surface area (Å²) in [5.74, 6) is 0.628. The standard InChI is InChI=1S/C19H18N8/c1-3-20-19-22-9-16-14(8-21-18(16)25-19)12-4-5-27-17(6-12)15(10-24-27)13-7-23-26(2)11-13/h4-11H,3H2,1-2H3,(H2,20,21,22,25). The quantitative estimate of drug-likeness (QED) is 0.515. The Hall–Kier alpha value is -3.68. The summed E-state index contributed by atoms with van der Waals surface area (Å²) in [6.45, 7) is 2.81. The molecule has 8 heteroatoms. The van der Waals surface area contributed by atoms with Crippen LogP contribution in [0.4, 0.5) is 5.95 Å². The van der Waals surface area contributed by atoms with Crippen molar-refractivity contribution in [1.29, 1.82) is 0 Å². The lowest BCUT2D eigenvalue weighted by Gasteiger charge is -2.03. The molecule has 5 rings (SSSR count). The van der Waals surface area contributed by atoms with Gasteiger partial charge in [0, 0.05) is 60.5 Å². The molecule has 0 aromatic carbocycles. The molecule has 0 atom stereocenters. The van der Waals surface area contributed by atoms with Crippen molar-refractivity contribution in [2.24, 2.45) is 7.05 Å². The summed E-state index contributed by atoms with van der Waals surface area (Å²) >= 11 is 0. The van der Waals surface area contributed by atoms with E-state index in [1.54, 1.807) is 4.68 Å². The Balaban J connectivity index is 1.64. The van der Waals surface area contributed by atoms with Crippen molar-refractivity contribution in [3.8, 4) is 22.3 Å². The highest BCUT2D eigenvalue weighted by atomic mass is 15.2. The number of nitrogens with zero attached hydrogens (tertiary/aromatic N) is 6. The zero-order chi connectivity index (χ0) is 18.4. The second kappa shape index (κ2) is 5.94. The van der Waals surface area contributed by atoms with Crippen LogP contribution in [0, 0.1) is 0 Å². The number of anilines is 1. The second-order valence-corrected chi connectivity index (χ2v) is 6.39. The molecule has 5 aromatic heterocycles. The van der Waals surface area contributed by atoms with Gasteiger partial charge in [0.05, 0.1) is 17.9 Å². The van der Waals surface area contributed by atoms with Crippen LogP contribution in [0.2, 0.25) is 0 Å². The maximum Gasteiger partial charge on any atom is 0.224 e. The summed E-state index contributed by atoms with van der Waals surface area (Å²) in [4.78, 5) is 12.2. The molecule has 0 unspecified atom stereocenters. The van der Waals surface area contributed by atoms with Crippen molar-refractivity contribution in [2.45, 2.75) is 6.92 Å². The maximum absolute atomic E-state index is 4.52. The first-order valence-electron chi connectivity index (χ1n) is 8.77. The van der Waals surface area contributed by atoms with E-state index in [1.165, 1.54) is 0 Å². The zero-order valence-electron chi connectivity index (χ0n) is 15.0. The minimum absolute atomic E-state index is 0.628. The first kappa shape index (κ1) is 15.6. The topological polar surface area (TPSA) is 88.7 Å². The lowest BCUT2D eigenvalue weighted by molar-refractivity contribution is 0.768. The van der Waals surface area contributed by atoms with Gasteiger partial charge in [0.25, 0.3) is 0 Å². The fraction of sp³-hybridized carbons (Fsp3) is 0.158. The SMILES string of the molecule is CCNc1ncc2c(-c3ccn4ncc(-c5cnn(C)c5)c4c3)c[nH]c2n1. The van der Waals surface area contributed by atoms with E-state index in [2.05, 4.69) is 36.5 Å². The summed E-state index contributed by atoms with van der Waals surface area (Å²) in [6.07, 6.45) is 11.5. The lowest BCUT2D eigenvalue weighted by Crippen LogP contribution is -2.01. The van der Waals surface area contributed by atoms with Crippen molar-refractivity contribution in [2.75, 3.05) is 11.9 Å². The molecule has 0 saturated heterocycles. The Kier molecular flexibility index (Phi) is 3.43. The van der Waals surface area contributed by atoms with Gasteiger partial charge in [0.1, 0.15) is 5.65 Å². The largest absolute Gasteiger partial charge is 0.354 e. The van der Waals surface area contributed by atoms with Crippen LogP contribution < -0.4 is 5.32 Å². The lowest BCUT2D eigenvalue weighted by atomic mass is 10.1. The van der Waals surface area contributed by atoms with Crippen LogP contribution in [0.3, 0.4) is 0 Å². The molecule has 0 radical (unpaired) electrons. The summed E-state index contributed by atoms with van der Waals surface area (Å²) in [5.41, 5.74) is 6.09. The second-order valence-electron chi connectivity index (χ2n) is 6.39. The summed E-state index contributed by atoms with van der Waals surface area (Å²) in [5, 5.41) is 12.9. The molecule has 5 aromatic rings. The molecular weight excluding hydrogens is 340 g/mol. The van der Waals surface area contributed by atoms with Gasteiger partial charge in [-0.2, -0.15) is 15.2 Å². The third-order valence-electron chi connectivity index (χ3n) is 4.62. The number of hydrogen-bond donors (Lipinski definition) is 2. The van der Waals surface area contributed by atoms with Crippen LogP contribution in [0.5, 0.6) is 0 Å². The van der Waals surface area contributed by atoms with E-state index in [0.717, 1.165) is 45.3 Å². The third kappa shape index (κ3) is 2.53. The predicted octanol–water partition coefficient (Wildman–Crippen LogP) is 3.10. The molecule has 27 heavy (non-hydrogen) atoms. The van der Waals surface area contributed by atoms with E-state index in [1.807, 2.05) is 61.7 Å². The first-order valence-corrected chi connectivity index (χ1v) is 8.77. The van der Waals surface area contributed by atoms with Gasteiger partial charge in [-0.1, -0.05) is 0 Å². The molecule has 0 fully saturated rings. The Morgan fingerprint density at radius 1 is 1.11 bits per heavy atom. The van der Waals surface area contributed by atoms with E-state index in [0.29, 0.717) is 5.95 Å². The number of fused-ring (bicyclic) bond motifs is 2. The van der Waals surface area contributed by atoms with E-state index >= 15 is 0 Å². The number of pyridine rings is 1. The number of aryl methyl sites for hydroxylation is 1. The Morgan fingerprint density at radius 3 is 2.85 bits per heavy atom. The fourth-order valence-corrected chi connectivity index (χ4v) is 3.32. The van der Waals surface area contributed by atoms with Gasteiger partial charge in [-0.25, -0.2) is 9.50 Å². The number of hydrogen-bond acceptors (Lipinski definition) is 5. The van der Waals surface area contributed by atoms with Gasteiger partial charge in [-0.05, 0) is 24.6 Å². The number of H-pyrrole nitrogens is 1. The normalized spacial score (nSPS) is 11.5. The van der Waals surface area contributed by atoms with Crippen molar-refractivity contribution in [3.63, 3.8) is 0 Å². The van der Waals surface area contributed by atoms with Crippen molar-refractivity contribution >= 4 is 22.5 Å². The fourth-order valence-electron chi connectivity index (χ4n) is 3.32. The monoisotopic (exact) mass is 358 g/mol. The number of nitrogens with one attached hydrogen (secondary N) is 2. The van der Waals surface area contributed by atoms with Crippen LogP contribution in [0.15, 0.2) is 49.3 Å². The Labute approximate surface area is 154 Å². The molecule has 0 aliphatic carbocycles. The van der Waals surface area contributed by atoms with Crippen LogP contribution in [0.25, 0.3) is 38.8 Å². The van der Waals surface area contributed by atoms with E-state index in [-0.39, 0.29) is 0 Å². The van der Waals surface area contributed by atoms with Crippen LogP contribution in [-0.4, -0.2) is 40.9 Å². The molecule has 134 valence electrons. The maximum atomic E-state index is 4.52. The molecule has 2 N–H and O–H groups in total. The van der Waals surface area contributed by atoms with Crippen LogP contribution in [-0.2, 0) is 7.05 Å². The first-order chi connectivity index (χ1) is 13.2. The number of aromatic nitrogens is 7. The smallest absolute Gasteiger partial charge is 0.224 e. The number of rotatable bonds is 4. The molecule has 5 heterocycles. The minimum atomic E-state index is 0.628. The van der Waals surface area contributed by atoms with Crippen molar-refractivity contribution in [1.82, 2.24) is 34.3 Å². The minimum Gasteiger partial charge on any atom is -0.354 e. The van der Waals surface area contributed by atoms with Crippen LogP contribution >= 0.6 is 0 Å². The summed E-state index contributed by atoms with van der Waals surface area (Å²) < 4.78 is 3.67. The molecule has 0 bridgehead atoms. The van der Waals surface area contributed by atoms with Gasteiger partial charge >= 0.3 is 0 Å². The zero-order valence-corrected chi connectivity index (χ0v) is 15.0. The molecule has 0 amide bonds. The molecule has 8 nitrogen and oxygen atoms in total. The van der Waals surface area contributed by atoms with Gasteiger partial charge in [0.2, 0.25) is 5.95 Å². The highest BCUT2D eigenvalue weighted by Gasteiger charge is 2.13. The molecule has 0 spiro atoms. The highest BCUT2D eigenvalue weighted by Crippen LogP contribution is 2.31. The van der Waals surface area contributed by atoms with Crippen LogP contribution in [0.1, 0.15) is 6.92 Å². The molecule has 0 aliphatic rings. The predicted molar refractivity (Wildman–Crippen MR) is 104 cm³/mol. The van der Waals surface area contributed by atoms with E-state index in [9.17, 15) is 0 Å². The van der Waals surface area contributed by atoms with Gasteiger partial charge in [-0.15, -0.1) is 0 Å². The third-order valence-corrected chi connectivity index (χ3v) is 4.62. The van der Waals surface area contributed by atoms with Crippen molar-refractivity contribution in [3.05, 3.63) is 49.3 Å².